The van der Waals surface area contributed by atoms with Gasteiger partial charge in [0.2, 0.25) is 0 Å². The van der Waals surface area contributed by atoms with Crippen LogP contribution in [0.5, 0.6) is 0 Å². The number of allylic oxidation sites excluding steroid dienone is 1. The van der Waals surface area contributed by atoms with E-state index in [4.69, 9.17) is 4.74 Å². The predicted molar refractivity (Wildman–Crippen MR) is 48.7 cm³/mol. The number of esters is 2. The van der Waals surface area contributed by atoms with Crippen LogP contribution in [0.2, 0.25) is 0 Å². The third kappa shape index (κ3) is 1.26. The summed E-state index contributed by atoms with van der Waals surface area (Å²) in [5.74, 6) is -2.37. The van der Waals surface area contributed by atoms with Crippen LogP contribution in [-0.2, 0) is 19.1 Å². The SMILES string of the molecule is COC(=O)[C@@]1(O)C(=O)O[C@H]2C=CCC[C@H]21. The van der Waals surface area contributed by atoms with Crippen LogP contribution in [0.3, 0.4) is 0 Å². The molecule has 0 aromatic carbocycles. The zero-order valence-corrected chi connectivity index (χ0v) is 8.30. The van der Waals surface area contributed by atoms with E-state index in [-0.39, 0.29) is 0 Å². The van der Waals surface area contributed by atoms with Gasteiger partial charge in [0.1, 0.15) is 6.10 Å². The molecular formula is C10H12O5. The van der Waals surface area contributed by atoms with Crippen molar-refractivity contribution in [3.05, 3.63) is 12.2 Å². The third-order valence-corrected chi connectivity index (χ3v) is 2.95. The van der Waals surface area contributed by atoms with Crippen molar-refractivity contribution >= 4 is 11.9 Å². The average Bonchev–Trinajstić information content (AvgIpc) is 2.52. The van der Waals surface area contributed by atoms with Crippen molar-refractivity contribution in [1.82, 2.24) is 0 Å². The second-order valence-electron chi connectivity index (χ2n) is 3.74. The van der Waals surface area contributed by atoms with E-state index in [9.17, 15) is 14.7 Å². The molecule has 1 aliphatic heterocycles. The molecule has 0 bridgehead atoms. The lowest BCUT2D eigenvalue weighted by atomic mass is 9.80. The Bertz CT molecular complexity index is 335. The highest BCUT2D eigenvalue weighted by atomic mass is 16.6. The fourth-order valence-corrected chi connectivity index (χ4v) is 2.13. The maximum atomic E-state index is 11.5. The lowest BCUT2D eigenvalue weighted by Gasteiger charge is -2.25. The molecule has 0 unspecified atom stereocenters. The molecule has 2 rings (SSSR count). The molecule has 15 heavy (non-hydrogen) atoms. The number of carbonyl (C=O) groups excluding carboxylic acids is 2. The first-order valence-electron chi connectivity index (χ1n) is 4.79. The van der Waals surface area contributed by atoms with Gasteiger partial charge >= 0.3 is 11.9 Å². The molecule has 0 aromatic heterocycles. The average molecular weight is 212 g/mol. The van der Waals surface area contributed by atoms with Gasteiger partial charge in [-0.1, -0.05) is 6.08 Å². The normalized spacial score (nSPS) is 38.4. The molecule has 5 heteroatoms. The van der Waals surface area contributed by atoms with E-state index in [1.807, 2.05) is 6.08 Å². The van der Waals surface area contributed by atoms with Crippen LogP contribution in [0.15, 0.2) is 12.2 Å². The number of methoxy groups -OCH3 is 1. The zero-order chi connectivity index (χ0) is 11.1. The molecule has 1 heterocycles. The Hall–Kier alpha value is -1.36. The molecule has 2 aliphatic rings. The first-order chi connectivity index (χ1) is 7.10. The molecule has 1 N–H and O–H groups in total. The van der Waals surface area contributed by atoms with Gasteiger partial charge in [-0.05, 0) is 18.9 Å². The Labute approximate surface area is 86.7 Å². The molecule has 0 amide bonds. The van der Waals surface area contributed by atoms with Crippen LogP contribution in [0.1, 0.15) is 12.8 Å². The number of ether oxygens (including phenoxy) is 2. The Morgan fingerprint density at radius 1 is 1.73 bits per heavy atom. The van der Waals surface area contributed by atoms with Crippen molar-refractivity contribution in [2.75, 3.05) is 7.11 Å². The predicted octanol–water partition coefficient (Wildman–Crippen LogP) is -0.218. The highest BCUT2D eigenvalue weighted by molar-refractivity contribution is 6.05. The van der Waals surface area contributed by atoms with Crippen molar-refractivity contribution in [2.45, 2.75) is 24.5 Å². The lowest BCUT2D eigenvalue weighted by molar-refractivity contribution is -0.175. The number of fused-ring (bicyclic) bond motifs is 1. The van der Waals surface area contributed by atoms with E-state index in [0.717, 1.165) is 13.5 Å². The second kappa shape index (κ2) is 3.34. The smallest absolute Gasteiger partial charge is 0.351 e. The van der Waals surface area contributed by atoms with Crippen molar-refractivity contribution in [2.24, 2.45) is 5.92 Å². The Morgan fingerprint density at radius 2 is 2.47 bits per heavy atom. The molecule has 1 fully saturated rings. The standard InChI is InChI=1S/C10H12O5/c1-14-8(11)10(13)6-4-2-3-5-7(6)15-9(10)12/h3,5-7,13H,2,4H2,1H3/t6-,7+,10-/m1/s1. The molecule has 82 valence electrons. The lowest BCUT2D eigenvalue weighted by Crippen LogP contribution is -2.50. The monoisotopic (exact) mass is 212 g/mol. The van der Waals surface area contributed by atoms with Crippen LogP contribution in [0.4, 0.5) is 0 Å². The van der Waals surface area contributed by atoms with E-state index >= 15 is 0 Å². The summed E-state index contributed by atoms with van der Waals surface area (Å²) in [6, 6.07) is 0. The van der Waals surface area contributed by atoms with Gasteiger partial charge in [-0.3, -0.25) is 0 Å². The van der Waals surface area contributed by atoms with Gasteiger partial charge in [-0.25, -0.2) is 9.59 Å². The number of hydrogen-bond acceptors (Lipinski definition) is 5. The Kier molecular flexibility index (Phi) is 2.26. The molecule has 3 atom stereocenters. The van der Waals surface area contributed by atoms with Gasteiger partial charge in [-0.2, -0.15) is 0 Å². The van der Waals surface area contributed by atoms with Crippen molar-refractivity contribution in [1.29, 1.82) is 0 Å². The van der Waals surface area contributed by atoms with Gasteiger partial charge in [0.25, 0.3) is 5.60 Å². The van der Waals surface area contributed by atoms with Gasteiger partial charge in [0.15, 0.2) is 0 Å². The quantitative estimate of drug-likeness (QED) is 0.369. The summed E-state index contributed by atoms with van der Waals surface area (Å²) in [5, 5.41) is 10.0. The summed E-state index contributed by atoms with van der Waals surface area (Å²) in [4.78, 5) is 22.9. The van der Waals surface area contributed by atoms with Gasteiger partial charge in [0.05, 0.1) is 13.0 Å². The van der Waals surface area contributed by atoms with Crippen molar-refractivity contribution in [3.8, 4) is 0 Å². The molecular weight excluding hydrogens is 200 g/mol. The highest BCUT2D eigenvalue weighted by Gasteiger charge is 2.62. The number of aliphatic hydroxyl groups is 1. The summed E-state index contributed by atoms with van der Waals surface area (Å²) < 4.78 is 9.37. The van der Waals surface area contributed by atoms with Gasteiger partial charge in [0, 0.05) is 0 Å². The summed E-state index contributed by atoms with van der Waals surface area (Å²) in [6.07, 6.45) is 4.33. The maximum Gasteiger partial charge on any atom is 0.351 e. The van der Waals surface area contributed by atoms with Gasteiger partial charge in [-0.15, -0.1) is 0 Å². The van der Waals surface area contributed by atoms with E-state index in [1.54, 1.807) is 6.08 Å². The molecule has 1 aliphatic carbocycles. The molecule has 0 spiro atoms. The fraction of sp³-hybridized carbons (Fsp3) is 0.600. The van der Waals surface area contributed by atoms with Crippen LogP contribution in [0, 0.1) is 5.92 Å². The minimum absolute atomic E-state index is 0.504. The van der Waals surface area contributed by atoms with Gasteiger partial charge < -0.3 is 14.6 Å². The first kappa shape index (κ1) is 10.2. The molecule has 0 saturated carbocycles. The second-order valence-corrected chi connectivity index (χ2v) is 3.74. The van der Waals surface area contributed by atoms with E-state index in [2.05, 4.69) is 4.74 Å². The van der Waals surface area contributed by atoms with Crippen LogP contribution >= 0.6 is 0 Å². The topological polar surface area (TPSA) is 72.8 Å². The van der Waals surface area contributed by atoms with Crippen molar-refractivity contribution in [3.63, 3.8) is 0 Å². The Balaban J connectivity index is 2.35. The molecule has 1 saturated heterocycles. The largest absolute Gasteiger partial charge is 0.466 e. The van der Waals surface area contributed by atoms with E-state index < -0.39 is 29.6 Å². The molecule has 5 nitrogen and oxygen atoms in total. The maximum absolute atomic E-state index is 11.5. The number of hydrogen-bond donors (Lipinski definition) is 1. The van der Waals surface area contributed by atoms with E-state index in [1.165, 1.54) is 0 Å². The first-order valence-corrected chi connectivity index (χ1v) is 4.79. The Morgan fingerprint density at radius 3 is 3.13 bits per heavy atom. The van der Waals surface area contributed by atoms with Crippen LogP contribution in [-0.4, -0.2) is 35.9 Å². The zero-order valence-electron chi connectivity index (χ0n) is 8.30. The minimum atomic E-state index is -2.12. The van der Waals surface area contributed by atoms with Crippen LogP contribution in [0.25, 0.3) is 0 Å². The minimum Gasteiger partial charge on any atom is -0.466 e. The third-order valence-electron chi connectivity index (χ3n) is 2.95. The van der Waals surface area contributed by atoms with E-state index in [0.29, 0.717) is 6.42 Å². The highest BCUT2D eigenvalue weighted by Crippen LogP contribution is 2.39. The number of rotatable bonds is 1. The molecule has 0 radical (unpaired) electrons. The fourth-order valence-electron chi connectivity index (χ4n) is 2.13. The van der Waals surface area contributed by atoms with Crippen molar-refractivity contribution < 1.29 is 24.2 Å². The summed E-state index contributed by atoms with van der Waals surface area (Å²) in [5.41, 5.74) is -2.12. The summed E-state index contributed by atoms with van der Waals surface area (Å²) in [7, 11) is 1.14. The summed E-state index contributed by atoms with van der Waals surface area (Å²) in [6.45, 7) is 0. The molecule has 0 aromatic rings. The van der Waals surface area contributed by atoms with Crippen LogP contribution < -0.4 is 0 Å². The summed E-state index contributed by atoms with van der Waals surface area (Å²) >= 11 is 0. The number of carbonyl (C=O) groups is 2.